The lowest BCUT2D eigenvalue weighted by molar-refractivity contribution is -0.118. The fourth-order valence-electron chi connectivity index (χ4n) is 4.82. The number of phenolic OH excluding ortho intramolecular Hbond substituents is 1. The van der Waals surface area contributed by atoms with Gasteiger partial charge in [-0.1, -0.05) is 52.0 Å². The van der Waals surface area contributed by atoms with Crippen molar-refractivity contribution in [2.24, 2.45) is 11.1 Å². The van der Waals surface area contributed by atoms with Crippen LogP contribution in [0.25, 0.3) is 0 Å². The lowest BCUT2D eigenvalue weighted by Gasteiger charge is -2.43. The van der Waals surface area contributed by atoms with Crippen molar-refractivity contribution in [3.8, 4) is 11.8 Å². The van der Waals surface area contributed by atoms with Crippen LogP contribution in [0.15, 0.2) is 71.2 Å². The zero-order valence-electron chi connectivity index (χ0n) is 20.4. The summed E-state index contributed by atoms with van der Waals surface area (Å²) >= 11 is 0. The van der Waals surface area contributed by atoms with E-state index in [-0.39, 0.29) is 28.3 Å². The Balaban J connectivity index is 1.83. The highest BCUT2D eigenvalue weighted by molar-refractivity contribution is 6.01. The highest BCUT2D eigenvalue weighted by Gasteiger charge is 2.44. The molecule has 4 rings (SSSR count). The summed E-state index contributed by atoms with van der Waals surface area (Å²) < 4.78 is 0. The molecule has 1 atom stereocenters. The molecular weight excluding hydrogens is 440 g/mol. The molecule has 0 saturated carbocycles. The predicted octanol–water partition coefficient (Wildman–Crippen LogP) is 4.60. The first-order valence-corrected chi connectivity index (χ1v) is 11.7. The van der Waals surface area contributed by atoms with Crippen molar-refractivity contribution in [2.75, 3.05) is 0 Å². The summed E-state index contributed by atoms with van der Waals surface area (Å²) in [4.78, 5) is 26.5. The van der Waals surface area contributed by atoms with Gasteiger partial charge in [0.1, 0.15) is 11.6 Å². The van der Waals surface area contributed by atoms with Gasteiger partial charge in [-0.15, -0.1) is 0 Å². The molecule has 1 aliphatic carbocycles. The first-order chi connectivity index (χ1) is 16.5. The van der Waals surface area contributed by atoms with E-state index in [0.29, 0.717) is 35.6 Å². The second kappa shape index (κ2) is 8.95. The molecule has 0 fully saturated rings. The van der Waals surface area contributed by atoms with Crippen molar-refractivity contribution in [1.29, 1.82) is 5.26 Å². The Hall–Kier alpha value is -4.05. The third-order valence-electron chi connectivity index (χ3n) is 6.66. The monoisotopic (exact) mass is 470 g/mol. The summed E-state index contributed by atoms with van der Waals surface area (Å²) in [6, 6.07) is 16.0. The van der Waals surface area contributed by atoms with Crippen molar-refractivity contribution in [1.82, 2.24) is 10.4 Å². The minimum Gasteiger partial charge on any atom is -0.508 e. The SMILES string of the molecule is CC(C)c1ccc(C2C(C#N)=C(N)N(NC(=O)c3ccc(O)cc3)C3=C2C(=O)CC(C)(C)C3)cc1. The molecule has 0 radical (unpaired) electrons. The number of nitrogens with zero attached hydrogens (tertiary/aromatic N) is 2. The molecule has 1 amide bonds. The van der Waals surface area contributed by atoms with Crippen LogP contribution < -0.4 is 11.2 Å². The average molecular weight is 471 g/mol. The number of ketones is 1. The van der Waals surface area contributed by atoms with Gasteiger partial charge in [-0.2, -0.15) is 5.26 Å². The molecular formula is C28H30N4O3. The number of carbonyl (C=O) groups excluding carboxylic acids is 2. The van der Waals surface area contributed by atoms with Crippen LogP contribution in [0, 0.1) is 16.7 Å². The van der Waals surface area contributed by atoms with Crippen LogP contribution in [0.3, 0.4) is 0 Å². The summed E-state index contributed by atoms with van der Waals surface area (Å²) in [5.41, 5.74) is 12.6. The van der Waals surface area contributed by atoms with E-state index < -0.39 is 11.8 Å². The fourth-order valence-corrected chi connectivity index (χ4v) is 4.82. The average Bonchev–Trinajstić information content (AvgIpc) is 2.80. The molecule has 35 heavy (non-hydrogen) atoms. The Bertz CT molecular complexity index is 1280. The second-order valence-electron chi connectivity index (χ2n) is 10.3. The Morgan fingerprint density at radius 3 is 2.34 bits per heavy atom. The van der Waals surface area contributed by atoms with Gasteiger partial charge in [0, 0.05) is 17.6 Å². The number of nitrogens with one attached hydrogen (secondary N) is 1. The first-order valence-electron chi connectivity index (χ1n) is 11.7. The molecule has 1 unspecified atom stereocenters. The maximum Gasteiger partial charge on any atom is 0.270 e. The van der Waals surface area contributed by atoms with Gasteiger partial charge in [0.15, 0.2) is 5.78 Å². The standard InChI is InChI=1S/C28H30N4O3/c1-16(2)17-5-7-18(8-6-17)24-21(15-29)26(30)32(22-13-28(3,4)14-23(34)25(22)24)31-27(35)19-9-11-20(33)12-10-19/h5-12,16,24,33H,13-14,30H2,1-4H3,(H,31,35). The molecule has 180 valence electrons. The number of Topliss-reactive ketones (excluding diaryl/α,β-unsaturated/α-hetero) is 1. The van der Waals surface area contributed by atoms with E-state index in [2.05, 4.69) is 25.3 Å². The van der Waals surface area contributed by atoms with Crippen molar-refractivity contribution >= 4 is 11.7 Å². The van der Waals surface area contributed by atoms with Gasteiger partial charge in [-0.05, 0) is 53.1 Å². The number of amides is 1. The zero-order chi connectivity index (χ0) is 25.5. The van der Waals surface area contributed by atoms with Crippen molar-refractivity contribution in [3.05, 3.63) is 87.9 Å². The number of hydrogen-bond donors (Lipinski definition) is 3. The summed E-state index contributed by atoms with van der Waals surface area (Å²) in [5, 5.41) is 21.1. The number of rotatable bonds is 4. The molecule has 1 heterocycles. The topological polar surface area (TPSA) is 119 Å². The van der Waals surface area contributed by atoms with E-state index in [4.69, 9.17) is 5.73 Å². The van der Waals surface area contributed by atoms with E-state index in [1.165, 1.54) is 29.3 Å². The zero-order valence-corrected chi connectivity index (χ0v) is 20.4. The number of allylic oxidation sites excluding steroid dienone is 3. The molecule has 0 saturated heterocycles. The number of aromatic hydroxyl groups is 1. The van der Waals surface area contributed by atoms with Crippen molar-refractivity contribution < 1.29 is 14.7 Å². The van der Waals surface area contributed by atoms with Crippen LogP contribution in [-0.2, 0) is 4.79 Å². The van der Waals surface area contributed by atoms with E-state index in [1.54, 1.807) is 0 Å². The van der Waals surface area contributed by atoms with Crippen LogP contribution in [-0.4, -0.2) is 21.8 Å². The third kappa shape index (κ3) is 4.52. The number of nitrogens with two attached hydrogens (primary N) is 1. The van der Waals surface area contributed by atoms with Crippen molar-refractivity contribution in [3.63, 3.8) is 0 Å². The lowest BCUT2D eigenvalue weighted by atomic mass is 9.69. The molecule has 2 aliphatic rings. The van der Waals surface area contributed by atoms with Crippen LogP contribution >= 0.6 is 0 Å². The number of hydrogen-bond acceptors (Lipinski definition) is 6. The Kier molecular flexibility index (Phi) is 6.16. The largest absolute Gasteiger partial charge is 0.508 e. The molecule has 2 aromatic rings. The fraction of sp³-hybridized carbons (Fsp3) is 0.321. The van der Waals surface area contributed by atoms with E-state index >= 15 is 0 Å². The summed E-state index contributed by atoms with van der Waals surface area (Å²) in [6.07, 6.45) is 0.842. The highest BCUT2D eigenvalue weighted by atomic mass is 16.3. The summed E-state index contributed by atoms with van der Waals surface area (Å²) in [5.74, 6) is -0.625. The van der Waals surface area contributed by atoms with Crippen LogP contribution in [0.4, 0.5) is 0 Å². The first kappa shape index (κ1) is 24.1. The minimum absolute atomic E-state index is 0.0432. The Labute approximate surface area is 205 Å². The van der Waals surface area contributed by atoms with Gasteiger partial charge in [0.2, 0.25) is 0 Å². The number of carbonyl (C=O) groups is 2. The third-order valence-corrected chi connectivity index (χ3v) is 6.66. The van der Waals surface area contributed by atoms with Crippen LogP contribution in [0.2, 0.25) is 0 Å². The second-order valence-corrected chi connectivity index (χ2v) is 10.3. The molecule has 0 bridgehead atoms. The molecule has 7 heteroatoms. The number of benzene rings is 2. The maximum atomic E-state index is 13.5. The van der Waals surface area contributed by atoms with E-state index in [0.717, 1.165) is 11.1 Å². The van der Waals surface area contributed by atoms with Crippen molar-refractivity contribution in [2.45, 2.75) is 52.4 Å². The number of phenols is 1. The Morgan fingerprint density at radius 1 is 1.14 bits per heavy atom. The predicted molar refractivity (Wildman–Crippen MR) is 133 cm³/mol. The molecule has 2 aromatic carbocycles. The molecule has 0 aromatic heterocycles. The van der Waals surface area contributed by atoms with E-state index in [1.807, 2.05) is 38.1 Å². The van der Waals surface area contributed by atoms with Gasteiger partial charge in [-0.3, -0.25) is 15.0 Å². The van der Waals surface area contributed by atoms with Gasteiger partial charge in [0.25, 0.3) is 5.91 Å². The quantitative estimate of drug-likeness (QED) is 0.601. The number of hydrazine groups is 1. The lowest BCUT2D eigenvalue weighted by Crippen LogP contribution is -2.49. The van der Waals surface area contributed by atoms with Gasteiger partial charge >= 0.3 is 0 Å². The van der Waals surface area contributed by atoms with Crippen LogP contribution in [0.1, 0.15) is 73.9 Å². The van der Waals surface area contributed by atoms with Crippen LogP contribution in [0.5, 0.6) is 5.75 Å². The minimum atomic E-state index is -0.596. The Morgan fingerprint density at radius 2 is 1.77 bits per heavy atom. The molecule has 4 N–H and O–H groups in total. The molecule has 0 spiro atoms. The van der Waals surface area contributed by atoms with Gasteiger partial charge in [-0.25, -0.2) is 5.01 Å². The maximum absolute atomic E-state index is 13.5. The highest BCUT2D eigenvalue weighted by Crippen LogP contribution is 2.48. The molecule has 7 nitrogen and oxygen atoms in total. The van der Waals surface area contributed by atoms with E-state index in [9.17, 15) is 20.0 Å². The summed E-state index contributed by atoms with van der Waals surface area (Å²) in [6.45, 7) is 8.22. The van der Waals surface area contributed by atoms with Gasteiger partial charge < -0.3 is 10.8 Å². The normalized spacial score (nSPS) is 19.5. The summed E-state index contributed by atoms with van der Waals surface area (Å²) in [7, 11) is 0. The number of nitriles is 1. The molecule has 1 aliphatic heterocycles. The smallest absolute Gasteiger partial charge is 0.270 e. The van der Waals surface area contributed by atoms with Gasteiger partial charge in [0.05, 0.1) is 23.3 Å².